The van der Waals surface area contributed by atoms with E-state index in [1.165, 1.54) is 11.3 Å². The number of benzene rings is 2. The van der Waals surface area contributed by atoms with Gasteiger partial charge in [0.2, 0.25) is 5.52 Å². The molecule has 1 aliphatic rings. The molecule has 0 spiro atoms. The third-order valence-electron chi connectivity index (χ3n) is 6.70. The number of rotatable bonds is 10. The molecule has 1 aliphatic heterocycles. The van der Waals surface area contributed by atoms with Gasteiger partial charge in [-0.05, 0) is 64.7 Å². The number of aromatic nitrogens is 1. The summed E-state index contributed by atoms with van der Waals surface area (Å²) >= 11 is 4.68. The van der Waals surface area contributed by atoms with Crippen molar-refractivity contribution in [3.63, 3.8) is 0 Å². The first-order valence-corrected chi connectivity index (χ1v) is 18.3. The van der Waals surface area contributed by atoms with Gasteiger partial charge in [0, 0.05) is 29.4 Å². The maximum absolute atomic E-state index is 11.4. The number of thiazole rings is 1. The Bertz CT molecular complexity index is 1990. The first-order valence-electron chi connectivity index (χ1n) is 12.6. The molecule has 0 amide bonds. The van der Waals surface area contributed by atoms with E-state index in [0.29, 0.717) is 18.7 Å². The quantitative estimate of drug-likeness (QED) is 0.143. The van der Waals surface area contributed by atoms with Crippen molar-refractivity contribution in [1.82, 2.24) is 0 Å². The van der Waals surface area contributed by atoms with Crippen LogP contribution in [-0.2, 0) is 26.8 Å². The topological polar surface area (TPSA) is 135 Å². The number of nitrogens with zero attached hydrogens (tertiary/aromatic N) is 2. The van der Waals surface area contributed by atoms with E-state index in [1.54, 1.807) is 29.4 Å². The Labute approximate surface area is 249 Å². The summed E-state index contributed by atoms with van der Waals surface area (Å²) in [7, 11) is -8.73. The number of thiophene rings is 1. The standard InChI is InChI=1S/C27H24N2O7S5/c30-40(31,32)13-1-9-28-21-15-18(19-8-12-37-17-19)3-5-23(21)38-25(28)16-26-29(10-2-14-41(33,34)35)27-20-7-11-36-22(20)4-6-24(27)39-26/h3-8,11-12,15-17H,1-2,9-10,13-14H2,(H-,30,31,32,33,34,35)/p-1. The van der Waals surface area contributed by atoms with Crippen molar-refractivity contribution in [1.29, 1.82) is 0 Å². The third-order valence-corrected chi connectivity index (χ3v) is 11.2. The molecule has 0 aliphatic carbocycles. The second-order valence-corrected chi connectivity index (χ2v) is 15.4. The van der Waals surface area contributed by atoms with E-state index in [0.717, 1.165) is 47.3 Å². The zero-order valence-corrected chi connectivity index (χ0v) is 25.5. The lowest BCUT2D eigenvalue weighted by Gasteiger charge is -2.21. The van der Waals surface area contributed by atoms with Gasteiger partial charge >= 0.3 is 0 Å². The average Bonchev–Trinajstić information content (AvgIpc) is 3.69. The van der Waals surface area contributed by atoms with Gasteiger partial charge in [-0.15, -0.1) is 0 Å². The molecule has 214 valence electrons. The number of hydrogen-bond acceptors (Lipinski definition) is 11. The molecule has 9 nitrogen and oxygen atoms in total. The van der Waals surface area contributed by atoms with Crippen molar-refractivity contribution in [2.24, 2.45) is 0 Å². The van der Waals surface area contributed by atoms with Gasteiger partial charge in [-0.2, -0.15) is 15.9 Å². The van der Waals surface area contributed by atoms with Crippen LogP contribution in [0.2, 0.25) is 0 Å². The SMILES string of the molecule is O=S(=O)([O-])CCCN1/C(=C/c2sc3ccc4occc4c3[n+]2CCCS(=O)(=O)[O-])Sc2ccc(-c3ccsc3)cc21. The molecule has 5 aromatic rings. The average molecular weight is 648 g/mol. The molecule has 2 aromatic carbocycles. The number of hydrogen-bond donors (Lipinski definition) is 0. The van der Waals surface area contributed by atoms with E-state index in [-0.39, 0.29) is 12.8 Å². The first kappa shape index (κ1) is 28.4. The van der Waals surface area contributed by atoms with Crippen LogP contribution in [0.3, 0.4) is 0 Å². The normalized spacial score (nSPS) is 15.0. The monoisotopic (exact) mass is 647 g/mol. The fraction of sp³-hybridized carbons (Fsp3) is 0.222. The molecule has 6 rings (SSSR count). The molecular formula is C27H23N2O7S5-. The Morgan fingerprint density at radius 3 is 2.51 bits per heavy atom. The van der Waals surface area contributed by atoms with E-state index < -0.39 is 31.7 Å². The highest BCUT2D eigenvalue weighted by molar-refractivity contribution is 8.04. The Morgan fingerprint density at radius 2 is 1.76 bits per heavy atom. The lowest BCUT2D eigenvalue weighted by atomic mass is 10.1. The summed E-state index contributed by atoms with van der Waals surface area (Å²) in [6.45, 7) is 0.630. The number of thioether (sulfide) groups is 1. The van der Waals surface area contributed by atoms with E-state index in [2.05, 4.69) is 17.5 Å². The molecule has 41 heavy (non-hydrogen) atoms. The smallest absolute Gasteiger partial charge is 0.265 e. The largest absolute Gasteiger partial charge is 0.748 e. The van der Waals surface area contributed by atoms with Crippen molar-refractivity contribution >= 4 is 87.6 Å². The Morgan fingerprint density at radius 1 is 0.951 bits per heavy atom. The first-order chi connectivity index (χ1) is 19.6. The van der Waals surface area contributed by atoms with Gasteiger partial charge in [0.25, 0.3) is 5.01 Å². The maximum atomic E-state index is 11.4. The summed E-state index contributed by atoms with van der Waals surface area (Å²) in [6, 6.07) is 13.9. The number of furan rings is 1. The fourth-order valence-electron chi connectivity index (χ4n) is 4.93. The van der Waals surface area contributed by atoms with Gasteiger partial charge in [0.15, 0.2) is 6.54 Å². The lowest BCUT2D eigenvalue weighted by molar-refractivity contribution is -0.667. The minimum absolute atomic E-state index is 0.148. The van der Waals surface area contributed by atoms with Gasteiger partial charge in [0.1, 0.15) is 10.3 Å². The van der Waals surface area contributed by atoms with Gasteiger partial charge in [0.05, 0.1) is 48.7 Å². The Balaban J connectivity index is 1.43. The van der Waals surface area contributed by atoms with Crippen LogP contribution in [0.15, 0.2) is 73.8 Å². The summed E-state index contributed by atoms with van der Waals surface area (Å²) in [5.41, 5.74) is 4.63. The summed E-state index contributed by atoms with van der Waals surface area (Å²) in [5, 5.41) is 6.65. The highest BCUT2D eigenvalue weighted by atomic mass is 32.2. The second-order valence-electron chi connectivity index (χ2n) is 9.50. The van der Waals surface area contributed by atoms with Crippen molar-refractivity contribution < 1.29 is 34.9 Å². The molecule has 0 fully saturated rings. The van der Waals surface area contributed by atoms with Crippen molar-refractivity contribution in [2.75, 3.05) is 23.0 Å². The summed E-state index contributed by atoms with van der Waals surface area (Å²) in [5.74, 6) is -0.942. The van der Waals surface area contributed by atoms with Gasteiger partial charge in [-0.3, -0.25) is 0 Å². The van der Waals surface area contributed by atoms with Crippen LogP contribution in [0, 0.1) is 0 Å². The highest BCUT2D eigenvalue weighted by Crippen LogP contribution is 2.48. The van der Waals surface area contributed by atoms with E-state index in [4.69, 9.17) is 4.42 Å². The summed E-state index contributed by atoms with van der Waals surface area (Å²) < 4.78 is 76.7. The number of fused-ring (bicyclic) bond motifs is 4. The molecular weight excluding hydrogens is 625 g/mol. The van der Waals surface area contributed by atoms with E-state index in [9.17, 15) is 25.9 Å². The van der Waals surface area contributed by atoms with Crippen LogP contribution in [0.1, 0.15) is 17.8 Å². The zero-order chi connectivity index (χ0) is 28.8. The molecule has 0 radical (unpaired) electrons. The molecule has 14 heteroatoms. The molecule has 0 saturated heterocycles. The molecule has 0 atom stereocenters. The predicted molar refractivity (Wildman–Crippen MR) is 161 cm³/mol. The van der Waals surface area contributed by atoms with Crippen molar-refractivity contribution in [3.8, 4) is 11.1 Å². The number of anilines is 1. The van der Waals surface area contributed by atoms with Gasteiger partial charge in [-0.25, -0.2) is 16.8 Å². The fourth-order valence-corrected chi connectivity index (χ4v) is 8.88. The predicted octanol–water partition coefficient (Wildman–Crippen LogP) is 5.44. The zero-order valence-electron chi connectivity index (χ0n) is 21.4. The van der Waals surface area contributed by atoms with Crippen LogP contribution in [0.25, 0.3) is 38.4 Å². The molecule has 4 heterocycles. The minimum Gasteiger partial charge on any atom is -0.748 e. The molecule has 0 N–H and O–H groups in total. The van der Waals surface area contributed by atoms with Crippen molar-refractivity contribution in [2.45, 2.75) is 24.3 Å². The van der Waals surface area contributed by atoms with E-state index in [1.807, 2.05) is 51.3 Å². The minimum atomic E-state index is -4.37. The Hall–Kier alpha value is -2.72. The highest BCUT2D eigenvalue weighted by Gasteiger charge is 2.29. The number of aryl methyl sites for hydroxylation is 1. The molecule has 0 unspecified atom stereocenters. The van der Waals surface area contributed by atoms with Crippen LogP contribution >= 0.6 is 34.4 Å². The summed E-state index contributed by atoms with van der Waals surface area (Å²) in [4.78, 5) is 3.04. The van der Waals surface area contributed by atoms with Crippen LogP contribution in [0.5, 0.6) is 0 Å². The van der Waals surface area contributed by atoms with Crippen LogP contribution < -0.4 is 9.47 Å². The Kier molecular flexibility index (Phi) is 7.74. The molecule has 0 bridgehead atoms. The van der Waals surface area contributed by atoms with Crippen LogP contribution in [0.4, 0.5) is 5.69 Å². The summed E-state index contributed by atoms with van der Waals surface area (Å²) in [6.07, 6.45) is 3.92. The molecule has 0 saturated carbocycles. The third kappa shape index (κ3) is 6.23. The van der Waals surface area contributed by atoms with Crippen LogP contribution in [-0.4, -0.2) is 44.0 Å². The lowest BCUT2D eigenvalue weighted by Crippen LogP contribution is -2.36. The molecule has 3 aromatic heterocycles. The van der Waals surface area contributed by atoms with E-state index >= 15 is 0 Å². The second kappa shape index (κ2) is 11.2. The van der Waals surface area contributed by atoms with Crippen molar-refractivity contribution in [3.05, 3.63) is 69.5 Å². The van der Waals surface area contributed by atoms with Gasteiger partial charge < -0.3 is 18.4 Å². The maximum Gasteiger partial charge on any atom is 0.265 e. The van der Waals surface area contributed by atoms with Gasteiger partial charge in [-0.1, -0.05) is 29.2 Å².